The van der Waals surface area contributed by atoms with Crippen LogP contribution in [0.2, 0.25) is 0 Å². The summed E-state index contributed by atoms with van der Waals surface area (Å²) in [5, 5.41) is 9.78. The summed E-state index contributed by atoms with van der Waals surface area (Å²) in [6.07, 6.45) is 11.6. The standard InChI is InChI=1S/C22H22N2O2.C13H15NO2.C9H18N2O.CH4/c1-13(25)10-15-6-9-21-20(11-15)19-5-3-4-16-12-17(23-14(2)26)7-8-18(16)22(19)24-21;1-9(15)14-11-6-7-12-10(8-11)4-2-3-5-13(12)16;1-7(12)11-9-4-2-8(6-10)3-5-9;/h6-9,11-12,24H,3-5,10H2,1-2H3,(H,23,26);6-8H,2-5H2,1H3,(H,14,15);8-9H,2-6,10H2,1H3,(H,11,12);1H4. The van der Waals surface area contributed by atoms with E-state index in [-0.39, 0.29) is 36.7 Å². The monoisotopic (exact) mass is 749 g/mol. The number of hydrogen-bond acceptors (Lipinski definition) is 6. The molecule has 6 N–H and O–H groups in total. The first-order valence-electron chi connectivity index (χ1n) is 19.3. The number of aryl methyl sites for hydroxylation is 3. The average Bonchev–Trinajstić information content (AvgIpc) is 3.23. The third-order valence-electron chi connectivity index (χ3n) is 10.4. The summed E-state index contributed by atoms with van der Waals surface area (Å²) < 4.78 is 0. The lowest BCUT2D eigenvalue weighted by Crippen LogP contribution is -2.37. The second kappa shape index (κ2) is 20.0. The number of nitrogens with one attached hydrogen (secondary N) is 4. The maximum Gasteiger partial charge on any atom is 0.221 e. The number of carbonyl (C=O) groups excluding carboxylic acids is 5. The molecule has 1 aromatic heterocycles. The second-order valence-corrected chi connectivity index (χ2v) is 15.0. The third kappa shape index (κ3) is 11.9. The van der Waals surface area contributed by atoms with Crippen LogP contribution in [-0.4, -0.2) is 46.9 Å². The van der Waals surface area contributed by atoms with Crippen LogP contribution >= 0.6 is 0 Å². The van der Waals surface area contributed by atoms with Gasteiger partial charge in [-0.2, -0.15) is 0 Å². The van der Waals surface area contributed by atoms with Crippen molar-refractivity contribution in [3.8, 4) is 11.3 Å². The van der Waals surface area contributed by atoms with Crippen LogP contribution < -0.4 is 21.7 Å². The summed E-state index contributed by atoms with van der Waals surface area (Å²) in [5.74, 6) is 1.05. The fourth-order valence-electron chi connectivity index (χ4n) is 7.88. The molecule has 7 rings (SSSR count). The van der Waals surface area contributed by atoms with Crippen molar-refractivity contribution < 1.29 is 24.0 Å². The lowest BCUT2D eigenvalue weighted by Gasteiger charge is -2.27. The first kappa shape index (κ1) is 42.6. The Bertz CT molecular complexity index is 2010. The lowest BCUT2D eigenvalue weighted by molar-refractivity contribution is -0.120. The number of H-pyrrole nitrogens is 1. The van der Waals surface area contributed by atoms with Crippen molar-refractivity contribution in [2.75, 3.05) is 17.2 Å². The Morgan fingerprint density at radius 1 is 0.709 bits per heavy atom. The molecule has 3 aromatic carbocycles. The van der Waals surface area contributed by atoms with E-state index >= 15 is 0 Å². The molecule has 3 aliphatic rings. The van der Waals surface area contributed by atoms with E-state index in [1.165, 1.54) is 54.5 Å². The van der Waals surface area contributed by atoms with Gasteiger partial charge in [0.15, 0.2) is 5.78 Å². The molecule has 0 unspecified atom stereocenters. The largest absolute Gasteiger partial charge is 0.354 e. The molecule has 0 saturated heterocycles. The summed E-state index contributed by atoms with van der Waals surface area (Å²) >= 11 is 0. The molecule has 10 heteroatoms. The Morgan fingerprint density at radius 3 is 1.91 bits per heavy atom. The van der Waals surface area contributed by atoms with Gasteiger partial charge in [-0.1, -0.05) is 19.6 Å². The molecule has 1 saturated carbocycles. The number of hydrogen-bond donors (Lipinski definition) is 5. The van der Waals surface area contributed by atoms with Gasteiger partial charge in [0, 0.05) is 78.8 Å². The van der Waals surface area contributed by atoms with E-state index in [9.17, 15) is 24.0 Å². The van der Waals surface area contributed by atoms with Crippen LogP contribution in [0.1, 0.15) is 119 Å². The highest BCUT2D eigenvalue weighted by molar-refractivity contribution is 5.99. The smallest absolute Gasteiger partial charge is 0.221 e. The number of aromatic amines is 1. The highest BCUT2D eigenvalue weighted by Crippen LogP contribution is 2.38. The molecule has 4 aromatic rings. The number of nitrogens with two attached hydrogens (primary N) is 1. The van der Waals surface area contributed by atoms with Gasteiger partial charge in [-0.3, -0.25) is 24.0 Å². The molecule has 0 spiro atoms. The van der Waals surface area contributed by atoms with Gasteiger partial charge >= 0.3 is 0 Å². The summed E-state index contributed by atoms with van der Waals surface area (Å²) in [6.45, 7) is 7.02. The minimum absolute atomic E-state index is 0. The van der Waals surface area contributed by atoms with E-state index < -0.39 is 0 Å². The topological polar surface area (TPSA) is 163 Å². The molecule has 1 heterocycles. The number of benzene rings is 3. The normalized spacial score (nSPS) is 17.1. The molecular weight excluding hydrogens is 691 g/mol. The SMILES string of the molecule is C.CC(=O)Cc1ccc2[nH]c3c(c2c1)CCCc1cc(NC(C)=O)ccc1-3.CC(=O)NC1CCC(CN)CC1.CC(=O)Nc1ccc2c(c1)CCCCC2=O. The van der Waals surface area contributed by atoms with Crippen molar-refractivity contribution in [1.82, 2.24) is 10.3 Å². The third-order valence-corrected chi connectivity index (χ3v) is 10.4. The maximum atomic E-state index is 11.8. The van der Waals surface area contributed by atoms with Gasteiger partial charge in [-0.05, 0) is 148 Å². The van der Waals surface area contributed by atoms with Crippen LogP contribution in [0.3, 0.4) is 0 Å². The van der Waals surface area contributed by atoms with E-state index in [0.29, 0.717) is 24.8 Å². The molecule has 55 heavy (non-hydrogen) atoms. The van der Waals surface area contributed by atoms with Crippen molar-refractivity contribution >= 4 is 51.6 Å². The lowest BCUT2D eigenvalue weighted by atomic mass is 9.86. The van der Waals surface area contributed by atoms with Gasteiger partial charge in [0.1, 0.15) is 5.78 Å². The zero-order chi connectivity index (χ0) is 38.8. The number of anilines is 2. The minimum atomic E-state index is -0.0834. The quantitative estimate of drug-likeness (QED) is 0.125. The number of ketones is 2. The van der Waals surface area contributed by atoms with E-state index in [0.717, 1.165) is 91.5 Å². The van der Waals surface area contributed by atoms with E-state index in [2.05, 4.69) is 45.2 Å². The Hall–Kier alpha value is -5.09. The fourth-order valence-corrected chi connectivity index (χ4v) is 7.88. The van der Waals surface area contributed by atoms with Crippen molar-refractivity contribution in [3.63, 3.8) is 0 Å². The summed E-state index contributed by atoms with van der Waals surface area (Å²) in [5.41, 5.74) is 16.2. The van der Waals surface area contributed by atoms with Gasteiger partial charge < -0.3 is 26.7 Å². The molecule has 10 nitrogen and oxygen atoms in total. The average molecular weight is 750 g/mol. The first-order chi connectivity index (χ1) is 25.9. The predicted molar refractivity (Wildman–Crippen MR) is 222 cm³/mol. The Morgan fingerprint density at radius 2 is 1.31 bits per heavy atom. The maximum absolute atomic E-state index is 11.8. The molecule has 0 bridgehead atoms. The molecule has 3 amide bonds. The Labute approximate surface area is 325 Å². The number of carbonyl (C=O) groups is 5. The summed E-state index contributed by atoms with van der Waals surface area (Å²) in [4.78, 5) is 59.8. The van der Waals surface area contributed by atoms with E-state index in [1.54, 1.807) is 19.9 Å². The van der Waals surface area contributed by atoms with Crippen LogP contribution in [0.5, 0.6) is 0 Å². The summed E-state index contributed by atoms with van der Waals surface area (Å²) in [7, 11) is 0. The molecule has 3 aliphatic carbocycles. The Kier molecular flexibility index (Phi) is 15.5. The fraction of sp³-hybridized carbons (Fsp3) is 0.444. The molecule has 1 fully saturated rings. The van der Waals surface area contributed by atoms with Crippen molar-refractivity contribution in [2.24, 2.45) is 11.7 Å². The zero-order valence-electron chi connectivity index (χ0n) is 32.2. The highest BCUT2D eigenvalue weighted by Gasteiger charge is 2.21. The van der Waals surface area contributed by atoms with Crippen LogP contribution in [0, 0.1) is 5.92 Å². The van der Waals surface area contributed by atoms with Crippen LogP contribution in [-0.2, 0) is 44.9 Å². The predicted octanol–water partition coefficient (Wildman–Crippen LogP) is 8.24. The number of rotatable bonds is 6. The van der Waals surface area contributed by atoms with Crippen molar-refractivity contribution in [2.45, 2.75) is 118 Å². The zero-order valence-corrected chi connectivity index (χ0v) is 32.2. The number of Topliss-reactive ketones (excluding diaryl/α,β-unsaturated/α-hetero) is 2. The summed E-state index contributed by atoms with van der Waals surface area (Å²) in [6, 6.07) is 18.3. The molecule has 0 atom stereocenters. The van der Waals surface area contributed by atoms with Gasteiger partial charge in [-0.25, -0.2) is 0 Å². The van der Waals surface area contributed by atoms with E-state index in [1.807, 2.05) is 24.3 Å². The molecule has 0 radical (unpaired) electrons. The van der Waals surface area contributed by atoms with Crippen LogP contribution in [0.4, 0.5) is 11.4 Å². The number of fused-ring (bicyclic) bond motifs is 6. The van der Waals surface area contributed by atoms with Gasteiger partial charge in [-0.15, -0.1) is 0 Å². The van der Waals surface area contributed by atoms with Crippen molar-refractivity contribution in [1.29, 1.82) is 0 Å². The van der Waals surface area contributed by atoms with Crippen LogP contribution in [0.15, 0.2) is 54.6 Å². The van der Waals surface area contributed by atoms with Gasteiger partial charge in [0.25, 0.3) is 0 Å². The number of amides is 3. The van der Waals surface area contributed by atoms with Gasteiger partial charge in [0.05, 0.1) is 0 Å². The van der Waals surface area contributed by atoms with Crippen LogP contribution in [0.25, 0.3) is 22.2 Å². The molecule has 0 aliphatic heterocycles. The number of aromatic nitrogens is 1. The van der Waals surface area contributed by atoms with E-state index in [4.69, 9.17) is 5.73 Å². The first-order valence-corrected chi connectivity index (χ1v) is 19.3. The second-order valence-electron chi connectivity index (χ2n) is 15.0. The highest BCUT2D eigenvalue weighted by atomic mass is 16.2. The van der Waals surface area contributed by atoms with Gasteiger partial charge in [0.2, 0.25) is 17.7 Å². The van der Waals surface area contributed by atoms with Crippen molar-refractivity contribution in [3.05, 3.63) is 82.4 Å². The molecule has 294 valence electrons. The molecular formula is C45H59N5O5. The Balaban J connectivity index is 0.000000199. The minimum Gasteiger partial charge on any atom is -0.354 e.